The predicted molar refractivity (Wildman–Crippen MR) is 113 cm³/mol. The Morgan fingerprint density at radius 3 is 2.11 bits per heavy atom. The van der Waals surface area contributed by atoms with Crippen LogP contribution in [0.1, 0.15) is 21.6 Å². The van der Waals surface area contributed by atoms with Crippen LogP contribution in [0, 0.1) is 0 Å². The summed E-state index contributed by atoms with van der Waals surface area (Å²) in [6.07, 6.45) is 3.35. The smallest absolute Gasteiger partial charge is 0.290 e. The van der Waals surface area contributed by atoms with E-state index in [0.29, 0.717) is 11.4 Å². The number of carbonyl (C=O) groups excluding carboxylic acids is 1. The largest absolute Gasteiger partial charge is 0.349 e. The highest BCUT2D eigenvalue weighted by molar-refractivity contribution is 6.08. The number of aliphatic imine (C=N–C) groups is 1. The topological polar surface area (TPSA) is 69.6 Å². The summed E-state index contributed by atoms with van der Waals surface area (Å²) < 4.78 is 0. The van der Waals surface area contributed by atoms with E-state index in [-0.39, 0.29) is 5.91 Å². The van der Waals surface area contributed by atoms with E-state index in [1.807, 2.05) is 84.9 Å². The fraction of sp³-hybridized carbons (Fsp3) is 0. The van der Waals surface area contributed by atoms with Crippen molar-refractivity contribution in [3.8, 4) is 0 Å². The van der Waals surface area contributed by atoms with Crippen LogP contribution < -0.4 is 5.43 Å². The molecule has 0 saturated carbocycles. The van der Waals surface area contributed by atoms with Gasteiger partial charge in [-0.1, -0.05) is 78.9 Å². The number of aromatic nitrogens is 1. The van der Waals surface area contributed by atoms with E-state index in [1.54, 1.807) is 12.4 Å². The molecule has 4 aromatic rings. The number of benzene rings is 3. The number of hydrogen-bond acceptors (Lipinski definition) is 3. The lowest BCUT2D eigenvalue weighted by Crippen LogP contribution is -2.18. The monoisotopic (exact) mass is 366 g/mol. The van der Waals surface area contributed by atoms with Gasteiger partial charge in [-0.05, 0) is 17.2 Å². The summed E-state index contributed by atoms with van der Waals surface area (Å²) in [5.74, 6) is -0.344. The van der Waals surface area contributed by atoms with Gasteiger partial charge in [-0.25, -0.2) is 5.43 Å². The van der Waals surface area contributed by atoms with Crippen molar-refractivity contribution in [3.05, 3.63) is 102 Å². The van der Waals surface area contributed by atoms with Gasteiger partial charge in [0.05, 0.1) is 6.21 Å². The lowest BCUT2D eigenvalue weighted by Gasteiger charge is -2.00. The Balaban J connectivity index is 1.63. The molecule has 1 aromatic heterocycles. The number of H-pyrrole nitrogens is 1. The van der Waals surface area contributed by atoms with E-state index in [0.717, 1.165) is 22.0 Å². The van der Waals surface area contributed by atoms with Crippen LogP contribution in [0.15, 0.2) is 95.0 Å². The molecule has 0 radical (unpaired) electrons. The van der Waals surface area contributed by atoms with Gasteiger partial charge in [0.1, 0.15) is 11.4 Å². The van der Waals surface area contributed by atoms with Crippen LogP contribution in [-0.4, -0.2) is 23.3 Å². The number of hydrazone groups is 1. The molecule has 0 spiro atoms. The summed E-state index contributed by atoms with van der Waals surface area (Å²) in [7, 11) is 0. The summed E-state index contributed by atoms with van der Waals surface area (Å²) in [6, 6.07) is 27.0. The van der Waals surface area contributed by atoms with Gasteiger partial charge in [-0.2, -0.15) is 5.10 Å². The Bertz CT molecular complexity index is 1150. The van der Waals surface area contributed by atoms with Crippen molar-refractivity contribution < 1.29 is 4.79 Å². The van der Waals surface area contributed by atoms with E-state index in [9.17, 15) is 4.79 Å². The maximum atomic E-state index is 12.7. The molecule has 0 atom stereocenters. The van der Waals surface area contributed by atoms with Crippen LogP contribution in [0.25, 0.3) is 10.9 Å². The van der Waals surface area contributed by atoms with Crippen LogP contribution in [0.2, 0.25) is 0 Å². The first-order valence-electron chi connectivity index (χ1n) is 8.89. The first-order valence-corrected chi connectivity index (χ1v) is 8.89. The number of nitrogens with one attached hydrogen (secondary N) is 2. The summed E-state index contributed by atoms with van der Waals surface area (Å²) in [4.78, 5) is 20.4. The normalized spacial score (nSPS) is 11.4. The Hall–Kier alpha value is -3.99. The zero-order valence-corrected chi connectivity index (χ0v) is 15.0. The van der Waals surface area contributed by atoms with Crippen molar-refractivity contribution in [2.45, 2.75) is 0 Å². The molecule has 3 aromatic carbocycles. The quantitative estimate of drug-likeness (QED) is 0.391. The van der Waals surface area contributed by atoms with Crippen molar-refractivity contribution in [2.24, 2.45) is 10.1 Å². The fourth-order valence-electron chi connectivity index (χ4n) is 2.86. The second kappa shape index (κ2) is 8.14. The third kappa shape index (κ3) is 3.88. The lowest BCUT2D eigenvalue weighted by molar-refractivity contribution is 0.0951. The van der Waals surface area contributed by atoms with E-state index in [4.69, 9.17) is 0 Å². The third-order valence-corrected chi connectivity index (χ3v) is 4.23. The van der Waals surface area contributed by atoms with Gasteiger partial charge in [0.25, 0.3) is 5.91 Å². The molecular weight excluding hydrogens is 348 g/mol. The molecule has 0 fully saturated rings. The fourth-order valence-corrected chi connectivity index (χ4v) is 2.86. The Morgan fingerprint density at radius 1 is 0.786 bits per heavy atom. The number of nitrogens with zero attached hydrogens (tertiary/aromatic N) is 2. The average molecular weight is 366 g/mol. The molecule has 0 aliphatic carbocycles. The van der Waals surface area contributed by atoms with E-state index < -0.39 is 0 Å². The van der Waals surface area contributed by atoms with Crippen LogP contribution in [0.4, 0.5) is 5.69 Å². The van der Waals surface area contributed by atoms with Crippen molar-refractivity contribution in [2.75, 3.05) is 0 Å². The predicted octanol–water partition coefficient (Wildman–Crippen LogP) is 4.68. The molecule has 1 amide bonds. The van der Waals surface area contributed by atoms with Gasteiger partial charge < -0.3 is 4.98 Å². The summed E-state index contributed by atoms with van der Waals surface area (Å²) in [6.45, 7) is 0. The highest BCUT2D eigenvalue weighted by Gasteiger charge is 2.16. The molecule has 0 aliphatic rings. The molecule has 4 rings (SSSR count). The number of carbonyl (C=O) groups is 1. The molecule has 2 N–H and O–H groups in total. The first-order chi connectivity index (χ1) is 13.8. The molecule has 28 heavy (non-hydrogen) atoms. The molecule has 0 saturated heterocycles. The molecule has 136 valence electrons. The minimum absolute atomic E-state index is 0.344. The summed E-state index contributed by atoms with van der Waals surface area (Å²) >= 11 is 0. The zero-order chi connectivity index (χ0) is 19.2. The number of rotatable bonds is 5. The lowest BCUT2D eigenvalue weighted by atomic mass is 10.2. The Morgan fingerprint density at radius 2 is 1.39 bits per heavy atom. The molecule has 0 bridgehead atoms. The van der Waals surface area contributed by atoms with Crippen LogP contribution in [0.5, 0.6) is 0 Å². The van der Waals surface area contributed by atoms with Crippen LogP contribution in [-0.2, 0) is 0 Å². The van der Waals surface area contributed by atoms with Crippen LogP contribution in [0.3, 0.4) is 0 Å². The number of aromatic amines is 1. The number of para-hydroxylation sites is 1. The average Bonchev–Trinajstić information content (AvgIpc) is 3.12. The van der Waals surface area contributed by atoms with Gasteiger partial charge in [0.15, 0.2) is 0 Å². The van der Waals surface area contributed by atoms with E-state index in [2.05, 4.69) is 20.5 Å². The van der Waals surface area contributed by atoms with Crippen molar-refractivity contribution >= 4 is 34.9 Å². The maximum absolute atomic E-state index is 12.7. The minimum atomic E-state index is -0.344. The van der Waals surface area contributed by atoms with Gasteiger partial charge in [-0.3, -0.25) is 9.79 Å². The SMILES string of the molecule is O=C(N/N=C/c1ccccc1)c1[nH]c2ccccc2c1N=Cc1ccccc1. The van der Waals surface area contributed by atoms with E-state index >= 15 is 0 Å². The Kier molecular flexibility index (Phi) is 5.06. The molecule has 0 unspecified atom stereocenters. The summed E-state index contributed by atoms with van der Waals surface area (Å²) in [5.41, 5.74) is 6.25. The highest BCUT2D eigenvalue weighted by atomic mass is 16.2. The number of hydrogen-bond donors (Lipinski definition) is 2. The highest BCUT2D eigenvalue weighted by Crippen LogP contribution is 2.30. The van der Waals surface area contributed by atoms with Crippen molar-refractivity contribution in [1.82, 2.24) is 10.4 Å². The molecular formula is C23H18N4O. The number of fused-ring (bicyclic) bond motifs is 1. The van der Waals surface area contributed by atoms with Crippen molar-refractivity contribution in [3.63, 3.8) is 0 Å². The second-order valence-electron chi connectivity index (χ2n) is 6.17. The standard InChI is InChI=1S/C23H18N4O/c28-23(27-25-16-18-11-5-2-6-12-18)22-21(19-13-7-8-14-20(19)26-22)24-15-17-9-3-1-4-10-17/h1-16,26H,(H,27,28)/b24-15?,25-16+. The maximum Gasteiger partial charge on any atom is 0.290 e. The van der Waals surface area contributed by atoms with Gasteiger partial charge >= 0.3 is 0 Å². The summed E-state index contributed by atoms with van der Waals surface area (Å²) in [5, 5.41) is 4.93. The first kappa shape index (κ1) is 17.4. The second-order valence-corrected chi connectivity index (χ2v) is 6.17. The zero-order valence-electron chi connectivity index (χ0n) is 15.0. The van der Waals surface area contributed by atoms with E-state index in [1.165, 1.54) is 0 Å². The van der Waals surface area contributed by atoms with Gasteiger partial charge in [-0.15, -0.1) is 0 Å². The molecule has 5 heteroatoms. The molecule has 5 nitrogen and oxygen atoms in total. The van der Waals surface area contributed by atoms with Crippen LogP contribution >= 0.6 is 0 Å². The third-order valence-electron chi connectivity index (χ3n) is 4.23. The minimum Gasteiger partial charge on any atom is -0.349 e. The molecule has 1 heterocycles. The van der Waals surface area contributed by atoms with Gasteiger partial charge in [0.2, 0.25) is 0 Å². The molecule has 0 aliphatic heterocycles. The Labute approximate surface area is 162 Å². The van der Waals surface area contributed by atoms with Crippen molar-refractivity contribution in [1.29, 1.82) is 0 Å². The number of amides is 1. The van der Waals surface area contributed by atoms with Gasteiger partial charge in [0, 0.05) is 17.1 Å².